The molecule has 0 fully saturated rings. The van der Waals surface area contributed by atoms with E-state index in [4.69, 9.17) is 10.4 Å². The molecule has 0 saturated heterocycles. The fraction of sp³-hybridized carbons (Fsp3) is 0.222. The molecule has 1 heterocycles. The lowest BCUT2D eigenvalue weighted by atomic mass is 10.1. The molecule has 1 aromatic heterocycles. The van der Waals surface area contributed by atoms with Crippen molar-refractivity contribution in [1.29, 1.82) is 5.26 Å². The minimum absolute atomic E-state index is 0.0377. The van der Waals surface area contributed by atoms with Crippen molar-refractivity contribution < 1.29 is 18.7 Å². The van der Waals surface area contributed by atoms with E-state index >= 15 is 0 Å². The largest absolute Gasteiger partial charge is 0.481 e. The highest BCUT2D eigenvalue weighted by Gasteiger charge is 2.17. The zero-order valence-corrected chi connectivity index (χ0v) is 9.33. The highest BCUT2D eigenvalue weighted by atomic mass is 79.9. The maximum absolute atomic E-state index is 12.3. The fourth-order valence-corrected chi connectivity index (χ4v) is 1.65. The minimum Gasteiger partial charge on any atom is -0.481 e. The van der Waals surface area contributed by atoms with Crippen LogP contribution in [-0.2, 0) is 11.2 Å². The molecular weight excluding hydrogens is 286 g/mol. The number of aromatic nitrogens is 1. The van der Waals surface area contributed by atoms with Gasteiger partial charge in [-0.2, -0.15) is 5.26 Å². The Bertz CT molecular complexity index is 471. The summed E-state index contributed by atoms with van der Waals surface area (Å²) in [5.74, 6) is -1.16. The molecule has 0 radical (unpaired) electrons. The number of hydrogen-bond donors (Lipinski definition) is 1. The maximum Gasteiger partial charge on any atom is 0.307 e. The maximum atomic E-state index is 12.3. The molecule has 0 amide bonds. The Kier molecular flexibility index (Phi) is 3.90. The smallest absolute Gasteiger partial charge is 0.307 e. The van der Waals surface area contributed by atoms with Gasteiger partial charge in [0.15, 0.2) is 0 Å². The molecule has 0 aliphatic heterocycles. The van der Waals surface area contributed by atoms with E-state index in [0.717, 1.165) is 6.07 Å². The molecule has 0 aromatic carbocycles. The van der Waals surface area contributed by atoms with Crippen LogP contribution in [-0.4, -0.2) is 16.1 Å². The van der Waals surface area contributed by atoms with Gasteiger partial charge in [-0.05, 0) is 22.0 Å². The highest BCUT2D eigenvalue weighted by molar-refractivity contribution is 9.10. The molecule has 0 unspecified atom stereocenters. The molecule has 0 spiro atoms. The number of carboxylic acid groups (broad SMARTS) is 1. The van der Waals surface area contributed by atoms with Crippen molar-refractivity contribution in [2.45, 2.75) is 12.8 Å². The van der Waals surface area contributed by atoms with Crippen LogP contribution in [0.25, 0.3) is 0 Å². The lowest BCUT2D eigenvalue weighted by Gasteiger charge is -2.06. The van der Waals surface area contributed by atoms with E-state index in [1.54, 1.807) is 6.07 Å². The van der Waals surface area contributed by atoms with Gasteiger partial charge in [-0.25, -0.2) is 13.8 Å². The average molecular weight is 291 g/mol. The van der Waals surface area contributed by atoms with Crippen LogP contribution in [0.2, 0.25) is 0 Å². The highest BCUT2D eigenvalue weighted by Crippen LogP contribution is 2.25. The second-order valence-corrected chi connectivity index (χ2v) is 3.60. The molecule has 0 atom stereocenters. The normalized spacial score (nSPS) is 10.2. The molecule has 0 aliphatic carbocycles. The van der Waals surface area contributed by atoms with E-state index in [1.807, 2.05) is 0 Å². The number of hydrogen-bond acceptors (Lipinski definition) is 3. The Morgan fingerprint density at radius 1 is 1.69 bits per heavy atom. The minimum atomic E-state index is -2.80. The van der Waals surface area contributed by atoms with Gasteiger partial charge in [-0.3, -0.25) is 4.79 Å². The number of nitrogens with zero attached hydrogens (tertiary/aromatic N) is 2. The van der Waals surface area contributed by atoms with E-state index in [2.05, 4.69) is 20.9 Å². The number of alkyl halides is 2. The first-order valence-corrected chi connectivity index (χ1v) is 4.84. The van der Waals surface area contributed by atoms with Crippen LogP contribution in [0.15, 0.2) is 10.7 Å². The van der Waals surface area contributed by atoms with Gasteiger partial charge in [0.2, 0.25) is 0 Å². The Balaban J connectivity index is 3.30. The number of pyridine rings is 1. The summed E-state index contributed by atoms with van der Waals surface area (Å²) in [4.78, 5) is 14.0. The summed E-state index contributed by atoms with van der Waals surface area (Å²) in [5.41, 5.74) is -0.573. The number of halogens is 3. The standard InChI is InChI=1S/C9H5BrF2N2O2/c10-8-5(2-7(15)16)4(3-13)1-6(14-8)9(11)12/h1,9H,2H2,(H,15,16). The van der Waals surface area contributed by atoms with Gasteiger partial charge >= 0.3 is 5.97 Å². The predicted octanol–water partition coefficient (Wildman–Crippen LogP) is 2.28. The van der Waals surface area contributed by atoms with E-state index in [1.165, 1.54) is 0 Å². The fourth-order valence-electron chi connectivity index (χ4n) is 1.09. The van der Waals surface area contributed by atoms with Crippen molar-refractivity contribution in [3.05, 3.63) is 27.5 Å². The Morgan fingerprint density at radius 3 is 2.75 bits per heavy atom. The number of carbonyl (C=O) groups is 1. The van der Waals surface area contributed by atoms with Gasteiger partial charge in [0, 0.05) is 5.56 Å². The zero-order valence-electron chi connectivity index (χ0n) is 7.75. The van der Waals surface area contributed by atoms with E-state index < -0.39 is 24.5 Å². The van der Waals surface area contributed by atoms with Crippen LogP contribution in [0.3, 0.4) is 0 Å². The SMILES string of the molecule is N#Cc1cc(C(F)F)nc(Br)c1CC(=O)O. The molecule has 0 saturated carbocycles. The molecule has 0 aliphatic rings. The molecule has 4 nitrogen and oxygen atoms in total. The topological polar surface area (TPSA) is 74.0 Å². The summed E-state index contributed by atoms with van der Waals surface area (Å²) >= 11 is 2.88. The third-order valence-electron chi connectivity index (χ3n) is 1.77. The number of rotatable bonds is 3. The molecule has 16 heavy (non-hydrogen) atoms. The quantitative estimate of drug-likeness (QED) is 0.867. The van der Waals surface area contributed by atoms with Crippen molar-refractivity contribution in [3.63, 3.8) is 0 Å². The third-order valence-corrected chi connectivity index (χ3v) is 2.42. The Morgan fingerprint density at radius 2 is 2.31 bits per heavy atom. The summed E-state index contributed by atoms with van der Waals surface area (Å²) in [5, 5.41) is 17.3. The average Bonchev–Trinajstić information content (AvgIpc) is 2.19. The van der Waals surface area contributed by atoms with Gasteiger partial charge in [0.1, 0.15) is 10.3 Å². The van der Waals surface area contributed by atoms with Crippen molar-refractivity contribution in [2.75, 3.05) is 0 Å². The summed E-state index contributed by atoms with van der Waals surface area (Å²) in [6.45, 7) is 0. The molecule has 0 bridgehead atoms. The first kappa shape index (κ1) is 12.5. The summed E-state index contributed by atoms with van der Waals surface area (Å²) in [7, 11) is 0. The second-order valence-electron chi connectivity index (χ2n) is 2.85. The van der Waals surface area contributed by atoms with Crippen molar-refractivity contribution >= 4 is 21.9 Å². The number of nitriles is 1. The first-order valence-electron chi connectivity index (χ1n) is 4.05. The van der Waals surface area contributed by atoms with Crippen molar-refractivity contribution in [3.8, 4) is 6.07 Å². The Labute approximate surface area is 97.7 Å². The third kappa shape index (κ3) is 2.73. The number of carboxylic acids is 1. The van der Waals surface area contributed by atoms with E-state index in [-0.39, 0.29) is 15.7 Å². The van der Waals surface area contributed by atoms with E-state index in [9.17, 15) is 13.6 Å². The lowest BCUT2D eigenvalue weighted by Crippen LogP contribution is -2.06. The van der Waals surface area contributed by atoms with Crippen LogP contribution >= 0.6 is 15.9 Å². The monoisotopic (exact) mass is 290 g/mol. The summed E-state index contributed by atoms with van der Waals surface area (Å²) in [6, 6.07) is 2.57. The van der Waals surface area contributed by atoms with Gasteiger partial charge in [0.05, 0.1) is 18.1 Å². The van der Waals surface area contributed by atoms with Crippen LogP contribution in [0.1, 0.15) is 23.2 Å². The van der Waals surface area contributed by atoms with Gasteiger partial charge < -0.3 is 5.11 Å². The van der Waals surface area contributed by atoms with Crippen LogP contribution in [0, 0.1) is 11.3 Å². The lowest BCUT2D eigenvalue weighted by molar-refractivity contribution is -0.136. The first-order chi connectivity index (χ1) is 7.45. The number of aliphatic carboxylic acids is 1. The van der Waals surface area contributed by atoms with Crippen LogP contribution in [0.5, 0.6) is 0 Å². The Hall–Kier alpha value is -1.55. The van der Waals surface area contributed by atoms with Gasteiger partial charge in [-0.15, -0.1) is 0 Å². The second kappa shape index (κ2) is 4.99. The summed E-state index contributed by atoms with van der Waals surface area (Å²) < 4.78 is 24.7. The zero-order chi connectivity index (χ0) is 12.3. The van der Waals surface area contributed by atoms with E-state index in [0.29, 0.717) is 0 Å². The predicted molar refractivity (Wildman–Crippen MR) is 52.9 cm³/mol. The van der Waals surface area contributed by atoms with Crippen LogP contribution < -0.4 is 0 Å². The molecule has 1 aromatic rings. The van der Waals surface area contributed by atoms with Gasteiger partial charge in [0.25, 0.3) is 6.43 Å². The molecule has 84 valence electrons. The van der Waals surface area contributed by atoms with Gasteiger partial charge in [-0.1, -0.05) is 0 Å². The molecule has 7 heteroatoms. The molecular formula is C9H5BrF2N2O2. The molecule has 1 N–H and O–H groups in total. The van der Waals surface area contributed by atoms with Crippen molar-refractivity contribution in [2.24, 2.45) is 0 Å². The molecule has 1 rings (SSSR count). The van der Waals surface area contributed by atoms with Crippen LogP contribution in [0.4, 0.5) is 8.78 Å². The van der Waals surface area contributed by atoms with Crippen molar-refractivity contribution in [1.82, 2.24) is 4.98 Å². The summed E-state index contributed by atoms with van der Waals surface area (Å²) in [6.07, 6.45) is -3.25.